The van der Waals surface area contributed by atoms with Gasteiger partial charge in [0.05, 0.1) is 6.54 Å². The van der Waals surface area contributed by atoms with Crippen molar-refractivity contribution in [3.63, 3.8) is 0 Å². The zero-order valence-electron chi connectivity index (χ0n) is 8.46. The highest BCUT2D eigenvalue weighted by molar-refractivity contribution is 14.1. The van der Waals surface area contributed by atoms with Crippen molar-refractivity contribution in [2.24, 2.45) is 0 Å². The standard InChI is InChI=1S/C10H9F3INO2/c11-10(12,13)8(16)5-15-9(17)6-1-3-7(14)4-2-6/h1-4,8,16H,5H2,(H,15,17). The van der Waals surface area contributed by atoms with Gasteiger partial charge in [-0.1, -0.05) is 0 Å². The van der Waals surface area contributed by atoms with Gasteiger partial charge in [0.2, 0.25) is 0 Å². The van der Waals surface area contributed by atoms with Gasteiger partial charge in [0.1, 0.15) is 0 Å². The van der Waals surface area contributed by atoms with Crippen LogP contribution in [0.4, 0.5) is 13.2 Å². The zero-order valence-corrected chi connectivity index (χ0v) is 10.6. The number of aliphatic hydroxyl groups is 1. The van der Waals surface area contributed by atoms with Crippen molar-refractivity contribution >= 4 is 28.5 Å². The Morgan fingerprint density at radius 3 is 2.35 bits per heavy atom. The molecule has 0 spiro atoms. The Morgan fingerprint density at radius 2 is 1.88 bits per heavy atom. The number of carbonyl (C=O) groups is 1. The number of hydrogen-bond acceptors (Lipinski definition) is 2. The molecule has 0 heterocycles. The minimum absolute atomic E-state index is 0.250. The van der Waals surface area contributed by atoms with Crippen LogP contribution in [-0.2, 0) is 0 Å². The lowest BCUT2D eigenvalue weighted by Gasteiger charge is -2.14. The van der Waals surface area contributed by atoms with Crippen LogP contribution in [0.5, 0.6) is 0 Å². The van der Waals surface area contributed by atoms with Gasteiger partial charge in [-0.05, 0) is 46.9 Å². The molecule has 1 atom stereocenters. The lowest BCUT2D eigenvalue weighted by molar-refractivity contribution is -0.201. The van der Waals surface area contributed by atoms with Crippen molar-refractivity contribution in [2.75, 3.05) is 6.54 Å². The summed E-state index contributed by atoms with van der Waals surface area (Å²) in [5.41, 5.74) is 0.250. The molecule has 7 heteroatoms. The maximum atomic E-state index is 12.0. The molecular formula is C10H9F3INO2. The molecule has 0 bridgehead atoms. The minimum Gasteiger partial charge on any atom is -0.382 e. The average molecular weight is 359 g/mol. The third-order valence-electron chi connectivity index (χ3n) is 1.94. The quantitative estimate of drug-likeness (QED) is 0.811. The van der Waals surface area contributed by atoms with E-state index in [2.05, 4.69) is 0 Å². The van der Waals surface area contributed by atoms with Crippen molar-refractivity contribution in [2.45, 2.75) is 12.3 Å². The fourth-order valence-corrected chi connectivity index (χ4v) is 1.37. The van der Waals surface area contributed by atoms with E-state index in [-0.39, 0.29) is 5.56 Å². The van der Waals surface area contributed by atoms with Crippen LogP contribution in [0.25, 0.3) is 0 Å². The van der Waals surface area contributed by atoms with Gasteiger partial charge in [-0.2, -0.15) is 13.2 Å². The summed E-state index contributed by atoms with van der Waals surface area (Å²) in [6, 6.07) is 6.32. The molecule has 1 unspecified atom stereocenters. The highest BCUT2D eigenvalue weighted by atomic mass is 127. The molecule has 0 aliphatic rings. The average Bonchev–Trinajstić information content (AvgIpc) is 2.25. The molecule has 0 saturated heterocycles. The number of carbonyl (C=O) groups excluding carboxylic acids is 1. The second-order valence-corrected chi connectivity index (χ2v) is 4.52. The van der Waals surface area contributed by atoms with Gasteiger partial charge in [0.15, 0.2) is 6.10 Å². The van der Waals surface area contributed by atoms with E-state index < -0.39 is 24.7 Å². The van der Waals surface area contributed by atoms with Crippen molar-refractivity contribution in [1.82, 2.24) is 5.32 Å². The van der Waals surface area contributed by atoms with E-state index in [1.54, 1.807) is 12.1 Å². The molecule has 0 saturated carbocycles. The molecule has 3 nitrogen and oxygen atoms in total. The predicted molar refractivity (Wildman–Crippen MR) is 63.6 cm³/mol. The Balaban J connectivity index is 2.53. The molecule has 1 rings (SSSR count). The molecular weight excluding hydrogens is 350 g/mol. The largest absolute Gasteiger partial charge is 0.416 e. The first-order valence-corrected chi connectivity index (χ1v) is 5.67. The molecule has 1 amide bonds. The lowest BCUT2D eigenvalue weighted by Crippen LogP contribution is -2.40. The molecule has 1 aromatic carbocycles. The third kappa shape index (κ3) is 4.50. The molecule has 2 N–H and O–H groups in total. The number of rotatable bonds is 3. The van der Waals surface area contributed by atoms with Gasteiger partial charge in [-0.3, -0.25) is 4.79 Å². The first-order valence-electron chi connectivity index (χ1n) is 4.59. The SMILES string of the molecule is O=C(NCC(O)C(F)(F)F)c1ccc(I)cc1. The van der Waals surface area contributed by atoms with Crippen molar-refractivity contribution in [1.29, 1.82) is 0 Å². The fourth-order valence-electron chi connectivity index (χ4n) is 1.01. The summed E-state index contributed by atoms with van der Waals surface area (Å²) in [5.74, 6) is -0.648. The van der Waals surface area contributed by atoms with E-state index in [4.69, 9.17) is 5.11 Å². The minimum atomic E-state index is -4.72. The van der Waals surface area contributed by atoms with Crippen LogP contribution in [0.1, 0.15) is 10.4 Å². The van der Waals surface area contributed by atoms with Crippen LogP contribution in [0, 0.1) is 3.57 Å². The zero-order chi connectivity index (χ0) is 13.1. The summed E-state index contributed by atoms with van der Waals surface area (Å²) in [5, 5.41) is 10.7. The normalized spacial score (nSPS) is 13.2. The van der Waals surface area contributed by atoms with Crippen LogP contribution in [-0.4, -0.2) is 29.8 Å². The molecule has 0 aromatic heterocycles. The Labute approximate surface area is 109 Å². The van der Waals surface area contributed by atoms with E-state index in [1.165, 1.54) is 12.1 Å². The number of amides is 1. The van der Waals surface area contributed by atoms with Gasteiger partial charge < -0.3 is 10.4 Å². The van der Waals surface area contributed by atoms with Crippen LogP contribution in [0.3, 0.4) is 0 Å². The van der Waals surface area contributed by atoms with Gasteiger partial charge in [0.25, 0.3) is 5.91 Å². The van der Waals surface area contributed by atoms with E-state index in [0.717, 1.165) is 3.57 Å². The Hall–Kier alpha value is -0.830. The van der Waals surface area contributed by atoms with Crippen LogP contribution >= 0.6 is 22.6 Å². The molecule has 17 heavy (non-hydrogen) atoms. The van der Waals surface area contributed by atoms with Crippen molar-refractivity contribution < 1.29 is 23.1 Å². The molecule has 0 aliphatic heterocycles. The smallest absolute Gasteiger partial charge is 0.382 e. The summed E-state index contributed by atoms with van der Waals surface area (Å²) in [6.45, 7) is -0.853. The summed E-state index contributed by atoms with van der Waals surface area (Å²) < 4.78 is 36.8. The Bertz CT molecular complexity index is 392. The highest BCUT2D eigenvalue weighted by Crippen LogP contribution is 2.19. The summed E-state index contributed by atoms with van der Waals surface area (Å²) in [7, 11) is 0. The number of halogens is 4. The first kappa shape index (κ1) is 14.2. The molecule has 0 fully saturated rings. The summed E-state index contributed by atoms with van der Waals surface area (Å²) >= 11 is 2.04. The van der Waals surface area contributed by atoms with E-state index >= 15 is 0 Å². The van der Waals surface area contributed by atoms with Crippen molar-refractivity contribution in [3.05, 3.63) is 33.4 Å². The summed E-state index contributed by atoms with van der Waals surface area (Å²) in [6.07, 6.45) is -7.27. The fraction of sp³-hybridized carbons (Fsp3) is 0.300. The van der Waals surface area contributed by atoms with Crippen LogP contribution in [0.2, 0.25) is 0 Å². The number of benzene rings is 1. The van der Waals surface area contributed by atoms with Gasteiger partial charge in [-0.25, -0.2) is 0 Å². The topological polar surface area (TPSA) is 49.3 Å². The molecule has 1 aromatic rings. The highest BCUT2D eigenvalue weighted by Gasteiger charge is 2.38. The first-order chi connectivity index (χ1) is 7.80. The maximum absolute atomic E-state index is 12.0. The monoisotopic (exact) mass is 359 g/mol. The van der Waals surface area contributed by atoms with Crippen molar-refractivity contribution in [3.8, 4) is 0 Å². The lowest BCUT2D eigenvalue weighted by atomic mass is 10.2. The van der Waals surface area contributed by atoms with Gasteiger partial charge >= 0.3 is 6.18 Å². The Morgan fingerprint density at radius 1 is 1.35 bits per heavy atom. The maximum Gasteiger partial charge on any atom is 0.416 e. The van der Waals surface area contributed by atoms with Crippen LogP contribution < -0.4 is 5.32 Å². The Kier molecular flexibility index (Phi) is 4.75. The number of alkyl halides is 3. The molecule has 0 aliphatic carbocycles. The third-order valence-corrected chi connectivity index (χ3v) is 2.66. The molecule has 94 valence electrons. The van der Waals surface area contributed by atoms with Crippen LogP contribution in [0.15, 0.2) is 24.3 Å². The van der Waals surface area contributed by atoms with Gasteiger partial charge in [0, 0.05) is 9.13 Å². The van der Waals surface area contributed by atoms with Gasteiger partial charge in [-0.15, -0.1) is 0 Å². The number of hydrogen-bond donors (Lipinski definition) is 2. The summed E-state index contributed by atoms with van der Waals surface area (Å²) in [4.78, 5) is 11.4. The van der Waals surface area contributed by atoms with E-state index in [9.17, 15) is 18.0 Å². The second kappa shape index (κ2) is 5.67. The molecule has 0 radical (unpaired) electrons. The predicted octanol–water partition coefficient (Wildman–Crippen LogP) is 1.94. The van der Waals surface area contributed by atoms with E-state index in [1.807, 2.05) is 27.9 Å². The second-order valence-electron chi connectivity index (χ2n) is 3.27. The number of aliphatic hydroxyl groups excluding tert-OH is 1. The van der Waals surface area contributed by atoms with E-state index in [0.29, 0.717) is 0 Å². The number of nitrogens with one attached hydrogen (secondary N) is 1.